The quantitative estimate of drug-likeness (QED) is 0.743. The van der Waals surface area contributed by atoms with Crippen molar-refractivity contribution in [1.82, 2.24) is 0 Å². The Bertz CT molecular complexity index is 621. The second kappa shape index (κ2) is 5.32. The third-order valence-electron chi connectivity index (χ3n) is 2.75. The molecule has 0 atom stereocenters. The summed E-state index contributed by atoms with van der Waals surface area (Å²) >= 11 is 3.22. The Labute approximate surface area is 119 Å². The van der Waals surface area contributed by atoms with Gasteiger partial charge in [0.05, 0.1) is 16.9 Å². The van der Waals surface area contributed by atoms with Crippen LogP contribution in [0.2, 0.25) is 0 Å². The number of para-hydroxylation sites is 1. The molecular weight excluding hydrogens is 308 g/mol. The molecule has 2 rings (SSSR count). The summed E-state index contributed by atoms with van der Waals surface area (Å²) in [7, 11) is 0. The van der Waals surface area contributed by atoms with Crippen LogP contribution in [0.3, 0.4) is 0 Å². The number of halogens is 1. The van der Waals surface area contributed by atoms with Gasteiger partial charge in [0.2, 0.25) is 0 Å². The Hall–Kier alpha value is -2.01. The first-order valence-electron chi connectivity index (χ1n) is 5.64. The van der Waals surface area contributed by atoms with E-state index >= 15 is 0 Å². The molecule has 0 bridgehead atoms. The number of benzene rings is 2. The van der Waals surface area contributed by atoms with E-state index in [1.54, 1.807) is 18.2 Å². The smallest absolute Gasteiger partial charge is 0.259 e. The van der Waals surface area contributed by atoms with Gasteiger partial charge >= 0.3 is 0 Å². The molecule has 0 spiro atoms. The van der Waals surface area contributed by atoms with Crippen LogP contribution < -0.4 is 11.1 Å². The summed E-state index contributed by atoms with van der Waals surface area (Å²) in [4.78, 5) is 12.1. The molecule has 0 aromatic heterocycles. The van der Waals surface area contributed by atoms with E-state index in [4.69, 9.17) is 5.73 Å². The minimum atomic E-state index is -0.397. The number of carbonyl (C=O) groups excluding carboxylic acids is 1. The molecule has 19 heavy (non-hydrogen) atoms. The Morgan fingerprint density at radius 3 is 2.68 bits per heavy atom. The normalized spacial score (nSPS) is 10.2. The topological polar surface area (TPSA) is 75.3 Å². The fourth-order valence-corrected chi connectivity index (χ4v) is 2.09. The molecule has 0 fully saturated rings. The Kier molecular flexibility index (Phi) is 3.76. The van der Waals surface area contributed by atoms with Gasteiger partial charge in [-0.05, 0) is 36.8 Å². The highest BCUT2D eigenvalue weighted by atomic mass is 79.9. The van der Waals surface area contributed by atoms with Gasteiger partial charge in [-0.1, -0.05) is 28.1 Å². The number of nitrogens with two attached hydrogens (primary N) is 1. The number of phenolic OH excluding ortho intramolecular Hbond substituents is 1. The number of hydrogen-bond acceptors (Lipinski definition) is 3. The Balaban J connectivity index is 2.31. The monoisotopic (exact) mass is 320 g/mol. The molecule has 0 radical (unpaired) electrons. The van der Waals surface area contributed by atoms with Crippen molar-refractivity contribution in [1.29, 1.82) is 0 Å². The van der Waals surface area contributed by atoms with Gasteiger partial charge in [0.25, 0.3) is 5.91 Å². The van der Waals surface area contributed by atoms with E-state index in [1.165, 1.54) is 6.07 Å². The summed E-state index contributed by atoms with van der Waals surface area (Å²) in [6.07, 6.45) is 0. The number of carbonyl (C=O) groups is 1. The van der Waals surface area contributed by atoms with Gasteiger partial charge in [-0.15, -0.1) is 0 Å². The summed E-state index contributed by atoms with van der Waals surface area (Å²) in [5.74, 6) is -0.481. The predicted octanol–water partition coefficient (Wildman–Crippen LogP) is 3.30. The Morgan fingerprint density at radius 2 is 2.05 bits per heavy atom. The highest BCUT2D eigenvalue weighted by Gasteiger charge is 2.13. The average molecular weight is 321 g/mol. The van der Waals surface area contributed by atoms with Crippen LogP contribution in [-0.4, -0.2) is 11.0 Å². The van der Waals surface area contributed by atoms with Crippen molar-refractivity contribution >= 4 is 33.2 Å². The molecule has 0 saturated carbocycles. The lowest BCUT2D eigenvalue weighted by Gasteiger charge is -2.11. The lowest BCUT2D eigenvalue weighted by Crippen LogP contribution is -2.14. The molecule has 0 aliphatic heterocycles. The molecule has 0 saturated heterocycles. The van der Waals surface area contributed by atoms with Crippen LogP contribution in [0.4, 0.5) is 11.4 Å². The van der Waals surface area contributed by atoms with Gasteiger partial charge in [-0.3, -0.25) is 4.79 Å². The molecule has 0 aliphatic carbocycles. The van der Waals surface area contributed by atoms with Crippen LogP contribution in [0, 0.1) is 6.92 Å². The van der Waals surface area contributed by atoms with E-state index in [0.717, 1.165) is 5.56 Å². The van der Waals surface area contributed by atoms with Crippen molar-refractivity contribution in [2.75, 3.05) is 11.1 Å². The SMILES string of the molecule is Cc1cccc(N)c1NC(=O)c1ccc(Br)cc1O. The molecule has 1 amide bonds. The van der Waals surface area contributed by atoms with Gasteiger partial charge in [0.1, 0.15) is 5.75 Å². The molecule has 0 aliphatic rings. The molecule has 0 heterocycles. The number of phenols is 1. The number of nitrogens with one attached hydrogen (secondary N) is 1. The zero-order valence-corrected chi connectivity index (χ0v) is 11.9. The lowest BCUT2D eigenvalue weighted by molar-refractivity contribution is 0.102. The van der Waals surface area contributed by atoms with Crippen molar-refractivity contribution in [3.8, 4) is 5.75 Å². The van der Waals surface area contributed by atoms with Crippen molar-refractivity contribution in [3.63, 3.8) is 0 Å². The first kappa shape index (κ1) is 13.4. The summed E-state index contributed by atoms with van der Waals surface area (Å²) in [6.45, 7) is 1.85. The van der Waals surface area contributed by atoms with E-state index in [0.29, 0.717) is 15.8 Å². The molecule has 0 unspecified atom stereocenters. The molecule has 5 heteroatoms. The van der Waals surface area contributed by atoms with Crippen LogP contribution in [0.15, 0.2) is 40.9 Å². The molecule has 2 aromatic carbocycles. The third kappa shape index (κ3) is 2.88. The van der Waals surface area contributed by atoms with E-state index in [9.17, 15) is 9.90 Å². The molecule has 4 nitrogen and oxygen atoms in total. The molecule has 4 N–H and O–H groups in total. The molecular formula is C14H13BrN2O2. The minimum absolute atomic E-state index is 0.0842. The number of amides is 1. The first-order chi connectivity index (χ1) is 8.99. The number of aromatic hydroxyl groups is 1. The maximum atomic E-state index is 12.1. The summed E-state index contributed by atoms with van der Waals surface area (Å²) < 4.78 is 0.706. The molecule has 98 valence electrons. The van der Waals surface area contributed by atoms with Crippen molar-refractivity contribution in [2.24, 2.45) is 0 Å². The summed E-state index contributed by atoms with van der Waals surface area (Å²) in [5.41, 5.74) is 7.95. The standard InChI is InChI=1S/C14H13BrN2O2/c1-8-3-2-4-11(16)13(8)17-14(19)10-6-5-9(15)7-12(10)18/h2-7,18H,16H2,1H3,(H,17,19). The van der Waals surface area contributed by atoms with E-state index in [2.05, 4.69) is 21.2 Å². The summed E-state index contributed by atoms with van der Waals surface area (Å²) in [5, 5.41) is 12.5. The average Bonchev–Trinajstić information content (AvgIpc) is 2.33. The van der Waals surface area contributed by atoms with Crippen LogP contribution in [0.1, 0.15) is 15.9 Å². The van der Waals surface area contributed by atoms with E-state index in [-0.39, 0.29) is 11.3 Å². The number of rotatable bonds is 2. The van der Waals surface area contributed by atoms with Crippen molar-refractivity contribution < 1.29 is 9.90 Å². The predicted molar refractivity (Wildman–Crippen MR) is 79.4 cm³/mol. The van der Waals surface area contributed by atoms with Gasteiger partial charge in [0, 0.05) is 4.47 Å². The van der Waals surface area contributed by atoms with Crippen LogP contribution in [0.5, 0.6) is 5.75 Å². The molecule has 2 aromatic rings. The van der Waals surface area contributed by atoms with Crippen molar-refractivity contribution in [2.45, 2.75) is 6.92 Å². The zero-order chi connectivity index (χ0) is 14.0. The zero-order valence-electron chi connectivity index (χ0n) is 10.3. The van der Waals surface area contributed by atoms with Gasteiger partial charge < -0.3 is 16.2 Å². The van der Waals surface area contributed by atoms with Gasteiger partial charge in [-0.2, -0.15) is 0 Å². The lowest BCUT2D eigenvalue weighted by atomic mass is 10.1. The largest absolute Gasteiger partial charge is 0.507 e. The first-order valence-corrected chi connectivity index (χ1v) is 6.43. The van der Waals surface area contributed by atoms with Crippen LogP contribution in [0.25, 0.3) is 0 Å². The third-order valence-corrected chi connectivity index (χ3v) is 3.24. The highest BCUT2D eigenvalue weighted by Crippen LogP contribution is 2.26. The Morgan fingerprint density at radius 1 is 1.32 bits per heavy atom. The van der Waals surface area contributed by atoms with Crippen molar-refractivity contribution in [3.05, 3.63) is 52.0 Å². The summed E-state index contributed by atoms with van der Waals surface area (Å²) in [6, 6.07) is 10.1. The van der Waals surface area contributed by atoms with Crippen LogP contribution >= 0.6 is 15.9 Å². The number of nitrogen functional groups attached to an aromatic ring is 1. The number of anilines is 2. The minimum Gasteiger partial charge on any atom is -0.507 e. The van der Waals surface area contributed by atoms with Gasteiger partial charge in [-0.25, -0.2) is 0 Å². The fourth-order valence-electron chi connectivity index (χ4n) is 1.74. The second-order valence-electron chi connectivity index (χ2n) is 4.15. The maximum absolute atomic E-state index is 12.1. The highest BCUT2D eigenvalue weighted by molar-refractivity contribution is 9.10. The van der Waals surface area contributed by atoms with E-state index < -0.39 is 5.91 Å². The second-order valence-corrected chi connectivity index (χ2v) is 5.07. The number of aryl methyl sites for hydroxylation is 1. The number of hydrogen-bond donors (Lipinski definition) is 3. The fraction of sp³-hybridized carbons (Fsp3) is 0.0714. The van der Waals surface area contributed by atoms with E-state index in [1.807, 2.05) is 19.1 Å². The van der Waals surface area contributed by atoms with Gasteiger partial charge in [0.15, 0.2) is 0 Å². The van der Waals surface area contributed by atoms with Crippen LogP contribution in [-0.2, 0) is 0 Å². The maximum Gasteiger partial charge on any atom is 0.259 e.